The summed E-state index contributed by atoms with van der Waals surface area (Å²) in [4.78, 5) is 29.1. The van der Waals surface area contributed by atoms with Gasteiger partial charge in [-0.1, -0.05) is 47.8 Å². The number of benzene rings is 2. The highest BCUT2D eigenvalue weighted by atomic mass is 35.5. The van der Waals surface area contributed by atoms with Gasteiger partial charge in [0.1, 0.15) is 6.61 Å². The monoisotopic (exact) mass is 573 g/mol. The Balaban J connectivity index is 1.59. The molecule has 0 aromatic heterocycles. The standard InChI is InChI=1S/C30H30Cl3NO4/c1-3-12-34-22-6-4-8-24(35)28(22)27(29-23(34)7-5-9-25(29)36)18-13-21(33)30(26(14-18)37-2)38-16-17-10-11-19(31)15-20(17)32/h10-11,13-15,27H,3-9,12,16H2,1-2H3. The van der Waals surface area contributed by atoms with E-state index >= 15 is 0 Å². The number of carbonyl (C=O) groups excluding carboxylic acids is 2. The smallest absolute Gasteiger partial charge is 0.180 e. The van der Waals surface area contributed by atoms with Gasteiger partial charge in [0.05, 0.1) is 12.1 Å². The van der Waals surface area contributed by atoms with Crippen molar-refractivity contribution < 1.29 is 19.1 Å². The number of ether oxygens (including phenoxy) is 2. The summed E-state index contributed by atoms with van der Waals surface area (Å²) in [7, 11) is 1.55. The van der Waals surface area contributed by atoms with Crippen LogP contribution in [-0.2, 0) is 16.2 Å². The highest BCUT2D eigenvalue weighted by molar-refractivity contribution is 6.35. The number of hydrogen-bond acceptors (Lipinski definition) is 5. The largest absolute Gasteiger partial charge is 0.493 e. The number of hydrogen-bond donors (Lipinski definition) is 0. The molecule has 3 aliphatic rings. The minimum atomic E-state index is -0.458. The van der Waals surface area contributed by atoms with Crippen LogP contribution in [0.5, 0.6) is 11.5 Å². The van der Waals surface area contributed by atoms with Crippen molar-refractivity contribution in [2.24, 2.45) is 0 Å². The Labute approximate surface area is 238 Å². The molecule has 2 aromatic carbocycles. The van der Waals surface area contributed by atoms with Gasteiger partial charge in [-0.05, 0) is 61.9 Å². The molecule has 5 rings (SSSR count). The topological polar surface area (TPSA) is 55.8 Å². The summed E-state index contributed by atoms with van der Waals surface area (Å²) >= 11 is 19.1. The second-order valence-corrected chi connectivity index (χ2v) is 11.2. The van der Waals surface area contributed by atoms with Crippen molar-refractivity contribution in [2.45, 2.75) is 64.4 Å². The van der Waals surface area contributed by atoms with E-state index in [2.05, 4.69) is 11.8 Å². The fraction of sp³-hybridized carbons (Fsp3) is 0.400. The van der Waals surface area contributed by atoms with Crippen molar-refractivity contribution in [3.63, 3.8) is 0 Å². The lowest BCUT2D eigenvalue weighted by Gasteiger charge is -2.44. The van der Waals surface area contributed by atoms with E-state index in [0.29, 0.717) is 39.4 Å². The number of halogens is 3. The normalized spacial score (nSPS) is 18.1. The van der Waals surface area contributed by atoms with Crippen LogP contribution in [0.15, 0.2) is 52.9 Å². The Bertz CT molecular complexity index is 1320. The fourth-order valence-electron chi connectivity index (χ4n) is 5.88. The maximum Gasteiger partial charge on any atom is 0.180 e. The number of allylic oxidation sites excluding steroid dienone is 4. The molecule has 0 unspecified atom stereocenters. The van der Waals surface area contributed by atoms with Crippen LogP contribution in [0.25, 0.3) is 0 Å². The molecule has 5 nitrogen and oxygen atoms in total. The first kappa shape index (κ1) is 27.1. The van der Waals surface area contributed by atoms with Gasteiger partial charge in [-0.25, -0.2) is 0 Å². The van der Waals surface area contributed by atoms with Crippen LogP contribution in [0.4, 0.5) is 0 Å². The van der Waals surface area contributed by atoms with Gasteiger partial charge in [0, 0.05) is 63.5 Å². The first-order valence-corrected chi connectivity index (χ1v) is 14.2. The third kappa shape index (κ3) is 4.97. The number of methoxy groups -OCH3 is 1. The Kier molecular flexibility index (Phi) is 8.08. The van der Waals surface area contributed by atoms with Gasteiger partial charge in [0.2, 0.25) is 0 Å². The summed E-state index contributed by atoms with van der Waals surface area (Å²) in [5.41, 5.74) is 5.12. The molecule has 38 heavy (non-hydrogen) atoms. The van der Waals surface area contributed by atoms with Gasteiger partial charge in [-0.3, -0.25) is 9.59 Å². The molecule has 0 N–H and O–H groups in total. The van der Waals surface area contributed by atoms with Crippen LogP contribution >= 0.6 is 34.8 Å². The van der Waals surface area contributed by atoms with E-state index in [0.717, 1.165) is 72.3 Å². The first-order valence-electron chi connectivity index (χ1n) is 13.1. The SMILES string of the molecule is CCCN1C2=C(C(=O)CCC2)C(c2cc(Cl)c(OCc3ccc(Cl)cc3Cl)c(OC)c2)C2=C1CCCC2=O. The van der Waals surface area contributed by atoms with E-state index in [-0.39, 0.29) is 18.2 Å². The summed E-state index contributed by atoms with van der Waals surface area (Å²) in [6.45, 7) is 3.10. The second-order valence-electron chi connectivity index (χ2n) is 9.92. The van der Waals surface area contributed by atoms with E-state index in [1.807, 2.05) is 12.1 Å². The summed E-state index contributed by atoms with van der Waals surface area (Å²) in [5.74, 6) is 0.565. The van der Waals surface area contributed by atoms with Gasteiger partial charge in [-0.15, -0.1) is 0 Å². The number of rotatable bonds is 7. The van der Waals surface area contributed by atoms with Crippen LogP contribution < -0.4 is 9.47 Å². The van der Waals surface area contributed by atoms with Gasteiger partial charge < -0.3 is 14.4 Å². The quantitative estimate of drug-likeness (QED) is 0.335. The molecular weight excluding hydrogens is 545 g/mol. The second kappa shape index (κ2) is 11.3. The number of Topliss-reactive ketones (excluding diaryl/α,β-unsaturated/α-hetero) is 2. The number of carbonyl (C=O) groups is 2. The maximum atomic E-state index is 13.4. The summed E-state index contributed by atoms with van der Waals surface area (Å²) in [5, 5.41) is 1.38. The molecular formula is C30H30Cl3NO4. The average Bonchev–Trinajstić information content (AvgIpc) is 2.89. The van der Waals surface area contributed by atoms with Crippen LogP contribution in [0, 0.1) is 0 Å². The predicted molar refractivity (Wildman–Crippen MR) is 150 cm³/mol. The Morgan fingerprint density at radius 1 is 0.895 bits per heavy atom. The predicted octanol–water partition coefficient (Wildman–Crippen LogP) is 8.06. The van der Waals surface area contributed by atoms with Crippen molar-refractivity contribution in [3.05, 3.63) is 79.1 Å². The summed E-state index contributed by atoms with van der Waals surface area (Å²) in [6, 6.07) is 8.87. The molecule has 0 amide bonds. The molecule has 0 atom stereocenters. The Hall–Kier alpha value is -2.47. The molecule has 0 fully saturated rings. The molecule has 0 radical (unpaired) electrons. The van der Waals surface area contributed by atoms with E-state index in [4.69, 9.17) is 44.3 Å². The molecule has 8 heteroatoms. The Morgan fingerprint density at radius 2 is 1.55 bits per heavy atom. The minimum Gasteiger partial charge on any atom is -0.493 e. The third-order valence-electron chi connectivity index (χ3n) is 7.51. The zero-order valence-corrected chi connectivity index (χ0v) is 23.8. The average molecular weight is 575 g/mol. The minimum absolute atomic E-state index is 0.107. The van der Waals surface area contributed by atoms with Crippen molar-refractivity contribution in [1.82, 2.24) is 4.90 Å². The summed E-state index contributed by atoms with van der Waals surface area (Å²) in [6.07, 6.45) is 5.22. The van der Waals surface area contributed by atoms with Crippen LogP contribution in [0.1, 0.15) is 68.9 Å². The summed E-state index contributed by atoms with van der Waals surface area (Å²) < 4.78 is 11.8. The van der Waals surface area contributed by atoms with Gasteiger partial charge in [0.15, 0.2) is 23.1 Å². The lowest BCUT2D eigenvalue weighted by molar-refractivity contribution is -0.117. The van der Waals surface area contributed by atoms with Crippen LogP contribution in [-0.4, -0.2) is 30.1 Å². The molecule has 0 spiro atoms. The van der Waals surface area contributed by atoms with Gasteiger partial charge in [-0.2, -0.15) is 0 Å². The lowest BCUT2D eigenvalue weighted by Crippen LogP contribution is -2.39. The highest BCUT2D eigenvalue weighted by Crippen LogP contribution is 2.51. The van der Waals surface area contributed by atoms with E-state index in [9.17, 15) is 9.59 Å². The van der Waals surface area contributed by atoms with Crippen LogP contribution in [0.3, 0.4) is 0 Å². The van der Waals surface area contributed by atoms with Crippen molar-refractivity contribution in [2.75, 3.05) is 13.7 Å². The molecule has 2 aromatic rings. The number of ketones is 2. The number of nitrogens with zero attached hydrogens (tertiary/aromatic N) is 1. The van der Waals surface area contributed by atoms with Crippen molar-refractivity contribution >= 4 is 46.4 Å². The molecule has 0 bridgehead atoms. The molecule has 1 aliphatic heterocycles. The molecule has 1 heterocycles. The fourth-order valence-corrected chi connectivity index (χ4v) is 6.62. The van der Waals surface area contributed by atoms with E-state index < -0.39 is 5.92 Å². The third-order valence-corrected chi connectivity index (χ3v) is 8.37. The highest BCUT2D eigenvalue weighted by Gasteiger charge is 2.43. The van der Waals surface area contributed by atoms with Crippen molar-refractivity contribution in [1.29, 1.82) is 0 Å². The van der Waals surface area contributed by atoms with Crippen molar-refractivity contribution in [3.8, 4) is 11.5 Å². The molecule has 0 saturated heterocycles. The molecule has 0 saturated carbocycles. The molecule has 2 aliphatic carbocycles. The first-order chi connectivity index (χ1) is 18.3. The zero-order valence-electron chi connectivity index (χ0n) is 21.5. The van der Waals surface area contributed by atoms with Gasteiger partial charge in [0.25, 0.3) is 0 Å². The lowest BCUT2D eigenvalue weighted by atomic mass is 9.71. The Morgan fingerprint density at radius 3 is 2.13 bits per heavy atom. The molecule has 200 valence electrons. The van der Waals surface area contributed by atoms with Gasteiger partial charge >= 0.3 is 0 Å². The maximum absolute atomic E-state index is 13.4. The van der Waals surface area contributed by atoms with E-state index in [1.165, 1.54) is 0 Å². The van der Waals surface area contributed by atoms with E-state index in [1.54, 1.807) is 25.3 Å². The van der Waals surface area contributed by atoms with Crippen LogP contribution in [0.2, 0.25) is 15.1 Å². The zero-order chi connectivity index (χ0) is 27.0.